The van der Waals surface area contributed by atoms with Crippen molar-refractivity contribution < 1.29 is 24.2 Å². The normalized spacial score (nSPS) is 19.2. The number of hydrogen-bond donors (Lipinski definition) is 4. The summed E-state index contributed by atoms with van der Waals surface area (Å²) in [4.78, 5) is 41.8. The van der Waals surface area contributed by atoms with Crippen LogP contribution in [0.4, 0.5) is 0 Å². The Balaban J connectivity index is 1.68. The van der Waals surface area contributed by atoms with Crippen LogP contribution in [-0.4, -0.2) is 52.0 Å². The second-order valence-corrected chi connectivity index (χ2v) is 8.82. The van der Waals surface area contributed by atoms with Crippen LogP contribution in [0, 0.1) is 0 Å². The third-order valence-corrected chi connectivity index (χ3v) is 5.45. The van der Waals surface area contributed by atoms with E-state index in [1.54, 1.807) is 18.2 Å². The van der Waals surface area contributed by atoms with E-state index < -0.39 is 30.2 Å². The molecular formula is C32H36N4O5. The zero-order valence-corrected chi connectivity index (χ0v) is 23.1. The molecule has 0 saturated carbocycles. The number of aliphatic carboxylic acids is 1. The Hall–Kier alpha value is -5.18. The monoisotopic (exact) mass is 556 g/mol. The molecule has 3 unspecified atom stereocenters. The number of H-pyrrole nitrogens is 1. The predicted octanol–water partition coefficient (Wildman–Crippen LogP) is 4.50. The average Bonchev–Trinajstić information content (AvgIpc) is 3.58. The maximum Gasteiger partial charge on any atom is 0.326 e. The number of hydrogen-bond acceptors (Lipinski definition) is 5. The fourth-order valence-electron chi connectivity index (χ4n) is 3.27. The van der Waals surface area contributed by atoms with Crippen molar-refractivity contribution in [3.05, 3.63) is 127 Å². The van der Waals surface area contributed by atoms with Gasteiger partial charge in [-0.15, -0.1) is 0 Å². The number of ether oxygens (including phenoxy) is 1. The van der Waals surface area contributed by atoms with Crippen LogP contribution >= 0.6 is 0 Å². The lowest BCUT2D eigenvalue weighted by atomic mass is 10.1. The van der Waals surface area contributed by atoms with Crippen LogP contribution in [0.15, 0.2) is 126 Å². The van der Waals surface area contributed by atoms with Crippen LogP contribution in [0.5, 0.6) is 0 Å². The van der Waals surface area contributed by atoms with Crippen LogP contribution < -0.4 is 11.1 Å². The number of carbonyl (C=O) groups is 3. The molecule has 0 aliphatic carbocycles. The summed E-state index contributed by atoms with van der Waals surface area (Å²) in [6, 6.07) is 2.53. The number of nitrogens with zero attached hydrogens (tertiary/aromatic N) is 1. The van der Waals surface area contributed by atoms with Gasteiger partial charge in [-0.05, 0) is 32.1 Å². The predicted molar refractivity (Wildman–Crippen MR) is 163 cm³/mol. The summed E-state index contributed by atoms with van der Waals surface area (Å²) in [5, 5.41) is 11.3. The molecule has 2 heterocycles. The Morgan fingerprint density at radius 1 is 1.00 bits per heavy atom. The van der Waals surface area contributed by atoms with Gasteiger partial charge in [0.15, 0.2) is 0 Å². The third-order valence-electron chi connectivity index (χ3n) is 5.45. The van der Waals surface area contributed by atoms with Crippen LogP contribution in [0.2, 0.25) is 0 Å². The quantitative estimate of drug-likeness (QED) is 0.186. The minimum atomic E-state index is -1.36. The third kappa shape index (κ3) is 13.4. The Morgan fingerprint density at radius 3 is 2.12 bits per heavy atom. The summed E-state index contributed by atoms with van der Waals surface area (Å²) < 4.78 is 5.78. The van der Waals surface area contributed by atoms with Gasteiger partial charge in [-0.25, -0.2) is 9.79 Å². The molecule has 1 aromatic rings. The van der Waals surface area contributed by atoms with Crippen LogP contribution in [-0.2, 0) is 19.1 Å². The van der Waals surface area contributed by atoms with Crippen molar-refractivity contribution in [3.8, 4) is 0 Å². The highest BCUT2D eigenvalue weighted by Crippen LogP contribution is 2.16. The molecule has 2 amide bonds. The number of carbonyl (C=O) groups excluding carboxylic acids is 2. The van der Waals surface area contributed by atoms with Crippen LogP contribution in [0.1, 0.15) is 26.0 Å². The molecule has 9 heteroatoms. The highest BCUT2D eigenvalue weighted by atomic mass is 16.5. The molecule has 41 heavy (non-hydrogen) atoms. The first-order chi connectivity index (χ1) is 19.8. The Morgan fingerprint density at radius 2 is 1.59 bits per heavy atom. The lowest BCUT2D eigenvalue weighted by Gasteiger charge is -2.12. The Bertz CT molecular complexity index is 1320. The van der Waals surface area contributed by atoms with Crippen molar-refractivity contribution in [1.82, 2.24) is 10.3 Å². The molecule has 9 nitrogen and oxygen atoms in total. The van der Waals surface area contributed by atoms with E-state index in [0.29, 0.717) is 11.5 Å². The summed E-state index contributed by atoms with van der Waals surface area (Å²) in [5.41, 5.74) is 6.29. The number of aromatic nitrogens is 1. The summed E-state index contributed by atoms with van der Waals surface area (Å²) in [6.07, 6.45) is 32.9. The van der Waals surface area contributed by atoms with Gasteiger partial charge in [0, 0.05) is 23.5 Å². The van der Waals surface area contributed by atoms with Gasteiger partial charge >= 0.3 is 5.97 Å². The first-order valence-corrected chi connectivity index (χ1v) is 13.0. The number of aliphatic imine (C=N–C) groups is 1. The number of amides is 2. The van der Waals surface area contributed by atoms with Gasteiger partial charge in [-0.2, -0.15) is 0 Å². The van der Waals surface area contributed by atoms with Gasteiger partial charge < -0.3 is 25.9 Å². The Labute approximate surface area is 240 Å². The van der Waals surface area contributed by atoms with E-state index in [0.717, 1.165) is 5.69 Å². The van der Waals surface area contributed by atoms with E-state index in [4.69, 9.17) is 15.6 Å². The summed E-state index contributed by atoms with van der Waals surface area (Å²) in [6.45, 7) is 3.54. The van der Waals surface area contributed by atoms with Crippen molar-refractivity contribution in [2.45, 2.75) is 38.5 Å². The molecule has 0 fully saturated rings. The number of primary amides is 1. The largest absolute Gasteiger partial charge is 0.480 e. The lowest BCUT2D eigenvalue weighted by Crippen LogP contribution is -2.43. The van der Waals surface area contributed by atoms with Crippen molar-refractivity contribution in [3.63, 3.8) is 0 Å². The molecule has 1 aliphatic rings. The molecule has 0 spiro atoms. The smallest absolute Gasteiger partial charge is 0.326 e. The number of carboxylic acids is 1. The molecule has 1 aromatic heterocycles. The maximum atomic E-state index is 12.0. The minimum absolute atomic E-state index is 0.0148. The number of carboxylic acid groups (broad SMARTS) is 1. The lowest BCUT2D eigenvalue weighted by molar-refractivity contribution is -0.142. The second-order valence-electron chi connectivity index (χ2n) is 8.82. The molecular weight excluding hydrogens is 520 g/mol. The molecule has 3 atom stereocenters. The fourth-order valence-corrected chi connectivity index (χ4v) is 3.27. The molecule has 0 aromatic carbocycles. The zero-order valence-electron chi connectivity index (χ0n) is 23.1. The fraction of sp³-hybridized carbons (Fsp3) is 0.188. The van der Waals surface area contributed by atoms with E-state index >= 15 is 0 Å². The van der Waals surface area contributed by atoms with Gasteiger partial charge in [0.25, 0.3) is 0 Å². The number of nitrogens with one attached hydrogen (secondary N) is 2. The Kier molecular flexibility index (Phi) is 14.2. The zero-order chi connectivity index (χ0) is 29.9. The van der Waals surface area contributed by atoms with E-state index in [2.05, 4.69) is 15.3 Å². The first kappa shape index (κ1) is 32.0. The van der Waals surface area contributed by atoms with Gasteiger partial charge in [0.05, 0.1) is 6.42 Å². The topological polar surface area (TPSA) is 147 Å². The summed E-state index contributed by atoms with van der Waals surface area (Å²) in [5.74, 6) is -2.10. The van der Waals surface area contributed by atoms with E-state index in [-0.39, 0.29) is 12.1 Å². The van der Waals surface area contributed by atoms with Crippen LogP contribution in [0.25, 0.3) is 6.08 Å². The van der Waals surface area contributed by atoms with Crippen molar-refractivity contribution in [2.75, 3.05) is 0 Å². The SMILES string of the molecule is CC(=CC=CC=CC=CC=CC=CC=CC=CC1N=C(C=Cc2ccc[nH]2)OC1C)C(=O)NC(CC(N)=O)C(=O)O. The molecule has 1 aliphatic heterocycles. The average molecular weight is 557 g/mol. The molecule has 0 bridgehead atoms. The number of allylic oxidation sites excluding steroid dienone is 14. The number of aromatic amines is 1. The highest BCUT2D eigenvalue weighted by Gasteiger charge is 2.23. The van der Waals surface area contributed by atoms with Crippen LogP contribution in [0.3, 0.4) is 0 Å². The minimum Gasteiger partial charge on any atom is -0.480 e. The van der Waals surface area contributed by atoms with Crippen molar-refractivity contribution in [2.24, 2.45) is 10.7 Å². The van der Waals surface area contributed by atoms with E-state index in [1.165, 1.54) is 13.0 Å². The summed E-state index contributed by atoms with van der Waals surface area (Å²) in [7, 11) is 0. The summed E-state index contributed by atoms with van der Waals surface area (Å²) >= 11 is 0. The highest BCUT2D eigenvalue weighted by molar-refractivity contribution is 5.96. The molecule has 5 N–H and O–H groups in total. The van der Waals surface area contributed by atoms with Gasteiger partial charge in [0.2, 0.25) is 17.7 Å². The van der Waals surface area contributed by atoms with Crippen molar-refractivity contribution >= 4 is 29.8 Å². The van der Waals surface area contributed by atoms with Gasteiger partial charge in [-0.1, -0.05) is 91.1 Å². The standard InChI is InChI=1S/C32H36N4O5/c1-24(31(38)36-28(32(39)40)23-29(33)37)17-14-12-10-8-6-4-3-5-7-9-11-13-15-19-27-25(2)41-30(35-27)21-20-26-18-16-22-34-26/h3-22,25,27-28,34H,23H2,1-2H3,(H2,33,37)(H,36,38)(H,39,40). The van der Waals surface area contributed by atoms with E-state index in [9.17, 15) is 14.4 Å². The van der Waals surface area contributed by atoms with Gasteiger partial charge in [-0.3, -0.25) is 9.59 Å². The molecule has 214 valence electrons. The van der Waals surface area contributed by atoms with E-state index in [1.807, 2.05) is 104 Å². The molecule has 0 radical (unpaired) electrons. The first-order valence-electron chi connectivity index (χ1n) is 13.0. The second kappa shape index (κ2) is 18.2. The number of nitrogens with two attached hydrogens (primary N) is 1. The maximum absolute atomic E-state index is 12.0. The van der Waals surface area contributed by atoms with Gasteiger partial charge in [0.1, 0.15) is 18.2 Å². The van der Waals surface area contributed by atoms with Crippen molar-refractivity contribution in [1.29, 1.82) is 0 Å². The molecule has 0 saturated heterocycles. The molecule has 2 rings (SSSR count). The number of rotatable bonds is 15.